The standard InChI is InChI=1S/C26H23FN4O3S/c27-23-17-20(26(32)31-15-13-30(14-16-31)22-8-11-28-12-9-22)6-7-21(23)18-35(33,34)24-5-1-3-19-4-2-10-29-25(19)24/h1-12,17H,13-16,18H2. The number of anilines is 1. The molecule has 2 aromatic heterocycles. The Bertz CT molecular complexity index is 1480. The molecule has 0 bridgehead atoms. The first-order valence-electron chi connectivity index (χ1n) is 11.2. The second-order valence-corrected chi connectivity index (χ2v) is 10.3. The van der Waals surface area contributed by atoms with E-state index >= 15 is 0 Å². The van der Waals surface area contributed by atoms with Crippen molar-refractivity contribution in [1.29, 1.82) is 0 Å². The van der Waals surface area contributed by atoms with Crippen LogP contribution in [0.1, 0.15) is 15.9 Å². The highest BCUT2D eigenvalue weighted by atomic mass is 32.2. The molecule has 0 N–H and O–H groups in total. The number of aromatic nitrogens is 2. The second-order valence-electron chi connectivity index (χ2n) is 8.38. The van der Waals surface area contributed by atoms with Gasteiger partial charge in [0.25, 0.3) is 5.91 Å². The van der Waals surface area contributed by atoms with Gasteiger partial charge in [-0.15, -0.1) is 0 Å². The van der Waals surface area contributed by atoms with Gasteiger partial charge in [-0.2, -0.15) is 0 Å². The fourth-order valence-corrected chi connectivity index (χ4v) is 5.86. The minimum atomic E-state index is -3.86. The lowest BCUT2D eigenvalue weighted by atomic mass is 10.1. The van der Waals surface area contributed by atoms with E-state index in [0.29, 0.717) is 37.1 Å². The van der Waals surface area contributed by atoms with Crippen molar-refractivity contribution in [3.05, 3.63) is 96.2 Å². The number of halogens is 1. The SMILES string of the molecule is O=C(c1ccc(CS(=O)(=O)c2cccc3cccnc23)c(F)c1)N1CCN(c2ccncc2)CC1. The quantitative estimate of drug-likeness (QED) is 0.424. The molecule has 0 radical (unpaired) electrons. The molecule has 2 aromatic carbocycles. The zero-order chi connectivity index (χ0) is 24.4. The molecule has 0 unspecified atom stereocenters. The van der Waals surface area contributed by atoms with Gasteiger partial charge in [0.1, 0.15) is 5.82 Å². The van der Waals surface area contributed by atoms with Crippen molar-refractivity contribution < 1.29 is 17.6 Å². The number of pyridine rings is 2. The Balaban J connectivity index is 1.30. The van der Waals surface area contributed by atoms with Crippen LogP contribution in [0.15, 0.2) is 84.1 Å². The summed E-state index contributed by atoms with van der Waals surface area (Å²) < 4.78 is 41.1. The summed E-state index contributed by atoms with van der Waals surface area (Å²) in [6.45, 7) is 2.33. The van der Waals surface area contributed by atoms with E-state index < -0.39 is 21.4 Å². The van der Waals surface area contributed by atoms with E-state index in [1.807, 2.05) is 12.1 Å². The molecule has 1 aliphatic heterocycles. The molecule has 5 rings (SSSR count). The number of fused-ring (bicyclic) bond motifs is 1. The first-order chi connectivity index (χ1) is 16.9. The van der Waals surface area contributed by atoms with Gasteiger partial charge >= 0.3 is 0 Å². The van der Waals surface area contributed by atoms with E-state index in [-0.39, 0.29) is 21.9 Å². The summed E-state index contributed by atoms with van der Waals surface area (Å²) in [6, 6.07) is 16.3. The van der Waals surface area contributed by atoms with Crippen LogP contribution in [0.25, 0.3) is 10.9 Å². The molecule has 1 aliphatic rings. The maximum Gasteiger partial charge on any atom is 0.254 e. The van der Waals surface area contributed by atoms with Crippen molar-refractivity contribution in [2.45, 2.75) is 10.6 Å². The highest BCUT2D eigenvalue weighted by molar-refractivity contribution is 7.90. The van der Waals surface area contributed by atoms with E-state index in [4.69, 9.17) is 0 Å². The molecule has 178 valence electrons. The Kier molecular flexibility index (Phi) is 6.17. The summed E-state index contributed by atoms with van der Waals surface area (Å²) in [6.07, 6.45) is 4.99. The molecule has 0 aliphatic carbocycles. The minimum absolute atomic E-state index is 0.0111. The number of benzene rings is 2. The fraction of sp³-hybridized carbons (Fsp3) is 0.192. The Labute approximate surface area is 202 Å². The fourth-order valence-electron chi connectivity index (χ4n) is 4.31. The molecule has 0 spiro atoms. The zero-order valence-corrected chi connectivity index (χ0v) is 19.7. The van der Waals surface area contributed by atoms with E-state index in [0.717, 1.165) is 11.8 Å². The van der Waals surface area contributed by atoms with Gasteiger partial charge in [0.05, 0.1) is 16.2 Å². The predicted octanol–water partition coefficient (Wildman–Crippen LogP) is 3.71. The third-order valence-electron chi connectivity index (χ3n) is 6.17. The van der Waals surface area contributed by atoms with Crippen LogP contribution in [-0.4, -0.2) is 55.4 Å². The van der Waals surface area contributed by atoms with Crippen LogP contribution >= 0.6 is 0 Å². The number of carbonyl (C=O) groups excluding carboxylic acids is 1. The second kappa shape index (κ2) is 9.42. The topological polar surface area (TPSA) is 83.5 Å². The molecule has 0 saturated carbocycles. The number of nitrogens with zero attached hydrogens (tertiary/aromatic N) is 4. The summed E-state index contributed by atoms with van der Waals surface area (Å²) in [7, 11) is -3.86. The summed E-state index contributed by atoms with van der Waals surface area (Å²) in [5.74, 6) is -1.51. The van der Waals surface area contributed by atoms with Crippen LogP contribution in [0.2, 0.25) is 0 Å². The summed E-state index contributed by atoms with van der Waals surface area (Å²) in [4.78, 5) is 25.1. The van der Waals surface area contributed by atoms with Crippen LogP contribution in [0.3, 0.4) is 0 Å². The zero-order valence-electron chi connectivity index (χ0n) is 18.8. The first kappa shape index (κ1) is 22.9. The van der Waals surface area contributed by atoms with Crippen LogP contribution in [0, 0.1) is 5.82 Å². The van der Waals surface area contributed by atoms with Crippen molar-refractivity contribution >= 4 is 32.3 Å². The van der Waals surface area contributed by atoms with Crippen LogP contribution in [0.4, 0.5) is 10.1 Å². The number of hydrogen-bond acceptors (Lipinski definition) is 6. The van der Waals surface area contributed by atoms with Gasteiger partial charge in [0, 0.05) is 67.0 Å². The predicted molar refractivity (Wildman–Crippen MR) is 131 cm³/mol. The summed E-state index contributed by atoms with van der Waals surface area (Å²) in [5, 5.41) is 0.694. The van der Waals surface area contributed by atoms with Gasteiger partial charge in [-0.25, -0.2) is 12.8 Å². The third kappa shape index (κ3) is 4.72. The van der Waals surface area contributed by atoms with Crippen molar-refractivity contribution in [3.8, 4) is 0 Å². The molecular formula is C26H23FN4O3S. The van der Waals surface area contributed by atoms with E-state index in [1.54, 1.807) is 41.6 Å². The van der Waals surface area contributed by atoms with Gasteiger partial charge in [-0.3, -0.25) is 14.8 Å². The molecule has 3 heterocycles. The lowest BCUT2D eigenvalue weighted by molar-refractivity contribution is 0.0746. The smallest absolute Gasteiger partial charge is 0.254 e. The summed E-state index contributed by atoms with van der Waals surface area (Å²) in [5.41, 5.74) is 1.61. The first-order valence-corrected chi connectivity index (χ1v) is 12.9. The molecule has 4 aromatic rings. The van der Waals surface area contributed by atoms with Crippen LogP contribution < -0.4 is 4.90 Å². The Morgan fingerprint density at radius 3 is 2.40 bits per heavy atom. The number of sulfone groups is 1. The van der Waals surface area contributed by atoms with Gasteiger partial charge in [-0.1, -0.05) is 24.3 Å². The lowest BCUT2D eigenvalue weighted by Crippen LogP contribution is -2.48. The maximum atomic E-state index is 15.0. The normalized spacial score (nSPS) is 14.3. The number of hydrogen-bond donors (Lipinski definition) is 0. The molecule has 1 saturated heterocycles. The summed E-state index contributed by atoms with van der Waals surface area (Å²) >= 11 is 0. The van der Waals surface area contributed by atoms with Crippen LogP contribution in [0.5, 0.6) is 0 Å². The third-order valence-corrected chi connectivity index (χ3v) is 7.86. The highest BCUT2D eigenvalue weighted by Crippen LogP contribution is 2.25. The van der Waals surface area contributed by atoms with Crippen molar-refractivity contribution in [2.75, 3.05) is 31.1 Å². The molecule has 1 fully saturated rings. The van der Waals surface area contributed by atoms with Crippen molar-refractivity contribution in [1.82, 2.24) is 14.9 Å². The number of rotatable bonds is 5. The Morgan fingerprint density at radius 1 is 0.914 bits per heavy atom. The number of carbonyl (C=O) groups is 1. The lowest BCUT2D eigenvalue weighted by Gasteiger charge is -2.36. The number of piperazine rings is 1. The van der Waals surface area contributed by atoms with Gasteiger partial charge in [0.15, 0.2) is 9.84 Å². The molecule has 1 amide bonds. The van der Waals surface area contributed by atoms with Gasteiger partial charge < -0.3 is 9.80 Å². The molecule has 9 heteroatoms. The van der Waals surface area contributed by atoms with Crippen molar-refractivity contribution in [2.24, 2.45) is 0 Å². The monoisotopic (exact) mass is 490 g/mol. The Morgan fingerprint density at radius 2 is 1.66 bits per heavy atom. The molecule has 7 nitrogen and oxygen atoms in total. The molecule has 0 atom stereocenters. The average molecular weight is 491 g/mol. The van der Waals surface area contributed by atoms with Gasteiger partial charge in [0.2, 0.25) is 0 Å². The van der Waals surface area contributed by atoms with Gasteiger partial charge in [-0.05, 0) is 36.4 Å². The number of para-hydroxylation sites is 1. The molecular weight excluding hydrogens is 467 g/mol. The minimum Gasteiger partial charge on any atom is -0.368 e. The van der Waals surface area contributed by atoms with Crippen LogP contribution in [-0.2, 0) is 15.6 Å². The average Bonchev–Trinajstić information content (AvgIpc) is 2.89. The molecule has 35 heavy (non-hydrogen) atoms. The van der Waals surface area contributed by atoms with E-state index in [9.17, 15) is 17.6 Å². The van der Waals surface area contributed by atoms with Crippen molar-refractivity contribution in [3.63, 3.8) is 0 Å². The largest absolute Gasteiger partial charge is 0.368 e. The maximum absolute atomic E-state index is 15.0. The Hall–Kier alpha value is -3.85. The van der Waals surface area contributed by atoms with E-state index in [1.165, 1.54) is 24.4 Å². The van der Waals surface area contributed by atoms with E-state index in [2.05, 4.69) is 14.9 Å². The highest BCUT2D eigenvalue weighted by Gasteiger charge is 2.25. The number of amides is 1.